The van der Waals surface area contributed by atoms with Crippen molar-refractivity contribution in [2.24, 2.45) is 0 Å². The molecule has 0 aliphatic rings. The van der Waals surface area contributed by atoms with Crippen molar-refractivity contribution in [2.45, 2.75) is 0 Å². The molecule has 7 heteroatoms. The number of carboxylic acids is 2. The smallest absolute Gasteiger partial charge is 0.347 e. The van der Waals surface area contributed by atoms with Crippen molar-refractivity contribution in [2.75, 3.05) is 0 Å². The Morgan fingerprint density at radius 2 is 1.62 bits per heavy atom. The van der Waals surface area contributed by atoms with Gasteiger partial charge in [0.2, 0.25) is 5.06 Å². The average molecular weight is 204 g/mol. The van der Waals surface area contributed by atoms with Crippen LogP contribution < -0.4 is 0 Å². The molecule has 0 fully saturated rings. The van der Waals surface area contributed by atoms with Crippen LogP contribution in [-0.2, 0) is 0 Å². The molecule has 0 aromatic carbocycles. The normalized spacial score (nSPS) is 9.85. The fourth-order valence-corrected chi connectivity index (χ4v) is 1.52. The van der Waals surface area contributed by atoms with E-state index >= 15 is 0 Å². The summed E-state index contributed by atoms with van der Waals surface area (Å²) in [5.41, 5.74) is -0.782. The first kappa shape index (κ1) is 9.33. The summed E-state index contributed by atoms with van der Waals surface area (Å²) in [6.07, 6.45) is 0. The maximum Gasteiger partial charge on any atom is 0.347 e. The van der Waals surface area contributed by atoms with Crippen molar-refractivity contribution >= 4 is 23.3 Å². The molecular formula is C6H4O6S. The van der Waals surface area contributed by atoms with Crippen LogP contribution in [0.2, 0.25) is 0 Å². The predicted octanol–water partition coefficient (Wildman–Crippen LogP) is 0.556. The number of thiophene rings is 1. The molecule has 1 aromatic heterocycles. The number of hydrogen-bond acceptors (Lipinski definition) is 5. The molecule has 0 spiro atoms. The number of aromatic carboxylic acids is 2. The number of carboxylic acid groups (broad SMARTS) is 2. The van der Waals surface area contributed by atoms with Crippen LogP contribution in [0.4, 0.5) is 0 Å². The summed E-state index contributed by atoms with van der Waals surface area (Å²) in [6, 6.07) is 0. The molecule has 13 heavy (non-hydrogen) atoms. The van der Waals surface area contributed by atoms with Gasteiger partial charge in [-0.05, 0) is 0 Å². The molecular weight excluding hydrogens is 200 g/mol. The van der Waals surface area contributed by atoms with Gasteiger partial charge in [-0.3, -0.25) is 0 Å². The molecule has 0 saturated carbocycles. The Hall–Kier alpha value is -1.76. The van der Waals surface area contributed by atoms with Crippen LogP contribution in [0.25, 0.3) is 0 Å². The van der Waals surface area contributed by atoms with Crippen molar-refractivity contribution < 1.29 is 30.0 Å². The number of carbonyl (C=O) groups is 2. The predicted molar refractivity (Wildman–Crippen MR) is 41.6 cm³/mol. The molecule has 0 radical (unpaired) electrons. The monoisotopic (exact) mass is 204 g/mol. The van der Waals surface area contributed by atoms with Crippen LogP contribution >= 0.6 is 11.3 Å². The van der Waals surface area contributed by atoms with E-state index in [0.717, 1.165) is 0 Å². The Labute approximate surface area is 75.3 Å². The van der Waals surface area contributed by atoms with E-state index in [1.807, 2.05) is 0 Å². The summed E-state index contributed by atoms with van der Waals surface area (Å²) in [5, 5.41) is 34.1. The van der Waals surface area contributed by atoms with Crippen molar-refractivity contribution in [1.82, 2.24) is 0 Å². The molecule has 70 valence electrons. The Bertz CT molecular complexity index is 379. The molecule has 0 saturated heterocycles. The Kier molecular flexibility index (Phi) is 2.11. The average Bonchev–Trinajstić information content (AvgIpc) is 2.28. The lowest BCUT2D eigenvalue weighted by Crippen LogP contribution is -2.03. The van der Waals surface area contributed by atoms with Crippen LogP contribution in [0.15, 0.2) is 0 Å². The molecule has 6 nitrogen and oxygen atoms in total. The SMILES string of the molecule is O=C(O)c1sc(O)c(O)c1C(=O)O. The zero-order valence-corrected chi connectivity index (χ0v) is 6.83. The van der Waals surface area contributed by atoms with Crippen LogP contribution in [0.1, 0.15) is 20.0 Å². The van der Waals surface area contributed by atoms with Gasteiger partial charge in [-0.25, -0.2) is 9.59 Å². The van der Waals surface area contributed by atoms with E-state index in [0.29, 0.717) is 11.3 Å². The summed E-state index contributed by atoms with van der Waals surface area (Å²) in [7, 11) is 0. The molecule has 0 atom stereocenters. The minimum Gasteiger partial charge on any atom is -0.503 e. The topological polar surface area (TPSA) is 115 Å². The van der Waals surface area contributed by atoms with Gasteiger partial charge in [0.25, 0.3) is 0 Å². The van der Waals surface area contributed by atoms with Gasteiger partial charge < -0.3 is 20.4 Å². The first-order valence-electron chi connectivity index (χ1n) is 2.96. The summed E-state index contributed by atoms with van der Waals surface area (Å²) in [5.74, 6) is -4.00. The maximum atomic E-state index is 10.4. The van der Waals surface area contributed by atoms with E-state index < -0.39 is 33.2 Å². The Balaban J connectivity index is 3.44. The van der Waals surface area contributed by atoms with Gasteiger partial charge in [-0.1, -0.05) is 11.3 Å². The highest BCUT2D eigenvalue weighted by atomic mass is 32.1. The van der Waals surface area contributed by atoms with E-state index in [-0.39, 0.29) is 0 Å². The van der Waals surface area contributed by atoms with E-state index in [4.69, 9.17) is 20.4 Å². The van der Waals surface area contributed by atoms with E-state index in [2.05, 4.69) is 0 Å². The summed E-state index contributed by atoms with van der Waals surface area (Å²) in [4.78, 5) is 20.3. The third-order valence-corrected chi connectivity index (χ3v) is 2.24. The Morgan fingerprint density at radius 3 is 1.92 bits per heavy atom. The van der Waals surface area contributed by atoms with Gasteiger partial charge in [-0.15, -0.1) is 0 Å². The zero-order valence-electron chi connectivity index (χ0n) is 6.01. The standard InChI is InChI=1S/C6H4O6S/c7-2-1(4(8)9)3(5(10)11)13-6(2)12/h7,12H,(H,8,9)(H,10,11). The van der Waals surface area contributed by atoms with Crippen LogP contribution in [-0.4, -0.2) is 32.4 Å². The molecule has 1 heterocycles. The number of rotatable bonds is 2. The van der Waals surface area contributed by atoms with Crippen LogP contribution in [0, 0.1) is 0 Å². The van der Waals surface area contributed by atoms with Gasteiger partial charge >= 0.3 is 11.9 Å². The minimum atomic E-state index is -1.59. The highest BCUT2D eigenvalue weighted by Crippen LogP contribution is 2.40. The lowest BCUT2D eigenvalue weighted by molar-refractivity contribution is 0.0653. The second-order valence-electron chi connectivity index (χ2n) is 2.07. The molecule has 4 N–H and O–H groups in total. The van der Waals surface area contributed by atoms with Gasteiger partial charge in [-0.2, -0.15) is 0 Å². The largest absolute Gasteiger partial charge is 0.503 e. The zero-order chi connectivity index (χ0) is 10.2. The summed E-state index contributed by atoms with van der Waals surface area (Å²) >= 11 is 0.303. The Morgan fingerprint density at radius 1 is 1.08 bits per heavy atom. The minimum absolute atomic E-state index is 0.303. The third kappa shape index (κ3) is 1.41. The fraction of sp³-hybridized carbons (Fsp3) is 0. The van der Waals surface area contributed by atoms with Crippen LogP contribution in [0.5, 0.6) is 10.8 Å². The van der Waals surface area contributed by atoms with E-state index in [9.17, 15) is 9.59 Å². The maximum absolute atomic E-state index is 10.4. The third-order valence-electron chi connectivity index (χ3n) is 1.27. The summed E-state index contributed by atoms with van der Waals surface area (Å²) in [6.45, 7) is 0. The fourth-order valence-electron chi connectivity index (χ4n) is 0.760. The molecule has 0 amide bonds. The first-order chi connectivity index (χ1) is 5.95. The van der Waals surface area contributed by atoms with Crippen LogP contribution in [0.3, 0.4) is 0 Å². The first-order valence-corrected chi connectivity index (χ1v) is 3.78. The second-order valence-corrected chi connectivity index (χ2v) is 3.07. The molecule has 1 aromatic rings. The number of aromatic hydroxyl groups is 2. The van der Waals surface area contributed by atoms with E-state index in [1.165, 1.54) is 0 Å². The lowest BCUT2D eigenvalue weighted by atomic mass is 10.2. The molecule has 0 aliphatic carbocycles. The van der Waals surface area contributed by atoms with Gasteiger partial charge in [0.15, 0.2) is 5.75 Å². The molecule has 1 rings (SSSR count). The highest BCUT2D eigenvalue weighted by Gasteiger charge is 2.26. The van der Waals surface area contributed by atoms with Crippen molar-refractivity contribution in [3.8, 4) is 10.8 Å². The highest BCUT2D eigenvalue weighted by molar-refractivity contribution is 7.16. The van der Waals surface area contributed by atoms with Gasteiger partial charge in [0.1, 0.15) is 10.4 Å². The summed E-state index contributed by atoms with van der Waals surface area (Å²) < 4.78 is 0. The quantitative estimate of drug-likeness (QED) is 0.559. The number of hydrogen-bond donors (Lipinski definition) is 4. The lowest BCUT2D eigenvalue weighted by Gasteiger charge is -1.92. The van der Waals surface area contributed by atoms with E-state index in [1.54, 1.807) is 0 Å². The van der Waals surface area contributed by atoms with Crippen molar-refractivity contribution in [1.29, 1.82) is 0 Å². The molecule has 0 unspecified atom stereocenters. The van der Waals surface area contributed by atoms with Gasteiger partial charge in [0.05, 0.1) is 0 Å². The molecule has 0 bridgehead atoms. The van der Waals surface area contributed by atoms with Crippen molar-refractivity contribution in [3.05, 3.63) is 10.4 Å². The molecule has 0 aliphatic heterocycles. The van der Waals surface area contributed by atoms with Gasteiger partial charge in [0, 0.05) is 0 Å². The second kappa shape index (κ2) is 2.94. The van der Waals surface area contributed by atoms with Crippen molar-refractivity contribution in [3.63, 3.8) is 0 Å².